The van der Waals surface area contributed by atoms with Crippen LogP contribution in [0, 0.1) is 0 Å². The molecular weight excluding hydrogens is 422 g/mol. The van der Waals surface area contributed by atoms with Gasteiger partial charge in [-0.1, -0.05) is 24.3 Å². The van der Waals surface area contributed by atoms with Gasteiger partial charge in [-0.05, 0) is 42.5 Å². The molecule has 32 heavy (non-hydrogen) atoms. The molecule has 1 aromatic carbocycles. The van der Waals surface area contributed by atoms with Crippen LogP contribution in [0.25, 0.3) is 26.9 Å². The first kappa shape index (κ1) is 20.2. The number of amides is 1. The standard InChI is InChI=1S/C25H21N3O3S/c1-2-31-25(30)20-15-28(10-9-19-18-6-3-4-7-21(18)27-23(19)20)24(29)17-12-16(13-26-14-17)22-8-5-11-32-22/h3-8,11-15,27H,2,9-10H2,1H3. The van der Waals surface area contributed by atoms with Crippen molar-refractivity contribution < 1.29 is 14.3 Å². The predicted octanol–water partition coefficient (Wildman–Crippen LogP) is 4.89. The van der Waals surface area contributed by atoms with Crippen LogP contribution >= 0.6 is 11.3 Å². The van der Waals surface area contributed by atoms with Crippen LogP contribution in [0.3, 0.4) is 0 Å². The van der Waals surface area contributed by atoms with E-state index in [-0.39, 0.29) is 12.5 Å². The van der Waals surface area contributed by atoms with Crippen molar-refractivity contribution in [3.05, 3.63) is 83.3 Å². The van der Waals surface area contributed by atoms with Gasteiger partial charge in [0.1, 0.15) is 0 Å². The number of aromatic nitrogens is 2. The molecule has 0 fully saturated rings. The Labute approximate surface area is 189 Å². The molecule has 1 aliphatic rings. The summed E-state index contributed by atoms with van der Waals surface area (Å²) in [5, 5.41) is 3.04. The molecule has 0 radical (unpaired) electrons. The molecule has 1 amide bonds. The number of carbonyl (C=O) groups is 2. The van der Waals surface area contributed by atoms with Gasteiger partial charge in [0.2, 0.25) is 0 Å². The van der Waals surface area contributed by atoms with Gasteiger partial charge in [-0.3, -0.25) is 9.78 Å². The highest BCUT2D eigenvalue weighted by molar-refractivity contribution is 7.13. The summed E-state index contributed by atoms with van der Waals surface area (Å²) in [5.41, 5.74) is 4.41. The van der Waals surface area contributed by atoms with E-state index in [1.54, 1.807) is 41.8 Å². The Morgan fingerprint density at radius 1 is 1.19 bits per heavy atom. The lowest BCUT2D eigenvalue weighted by atomic mass is 10.0. The van der Waals surface area contributed by atoms with Crippen molar-refractivity contribution in [2.75, 3.05) is 13.2 Å². The second-order valence-electron chi connectivity index (χ2n) is 7.48. The zero-order valence-electron chi connectivity index (χ0n) is 17.5. The molecule has 0 aliphatic carbocycles. The number of aromatic amines is 1. The third-order valence-corrected chi connectivity index (χ3v) is 6.44. The van der Waals surface area contributed by atoms with Crippen molar-refractivity contribution >= 4 is 39.7 Å². The van der Waals surface area contributed by atoms with E-state index in [0.29, 0.717) is 29.8 Å². The zero-order valence-corrected chi connectivity index (χ0v) is 18.3. The van der Waals surface area contributed by atoms with Crippen LogP contribution in [0.4, 0.5) is 0 Å². The van der Waals surface area contributed by atoms with Gasteiger partial charge in [0.15, 0.2) is 0 Å². The van der Waals surface area contributed by atoms with E-state index in [1.807, 2.05) is 47.8 Å². The molecule has 0 saturated heterocycles. The SMILES string of the molecule is CCOC(=O)C1=CN(C(=O)c2cncc(-c3cccs3)c2)CCc2c1[nH]c1ccccc21. The number of nitrogens with one attached hydrogen (secondary N) is 1. The van der Waals surface area contributed by atoms with E-state index in [4.69, 9.17) is 4.74 Å². The molecule has 7 heteroatoms. The molecule has 3 aromatic heterocycles. The molecule has 5 rings (SSSR count). The average Bonchev–Trinajstić information content (AvgIpc) is 3.44. The average molecular weight is 444 g/mol. The van der Waals surface area contributed by atoms with Gasteiger partial charge in [-0.15, -0.1) is 11.3 Å². The number of esters is 1. The van der Waals surface area contributed by atoms with Gasteiger partial charge in [-0.25, -0.2) is 4.79 Å². The van der Waals surface area contributed by atoms with Crippen LogP contribution in [-0.2, 0) is 16.0 Å². The number of hydrogen-bond donors (Lipinski definition) is 1. The number of para-hydroxylation sites is 1. The number of benzene rings is 1. The Kier molecular flexibility index (Phi) is 5.33. The molecule has 4 aromatic rings. The van der Waals surface area contributed by atoms with Crippen LogP contribution < -0.4 is 0 Å². The second-order valence-corrected chi connectivity index (χ2v) is 8.42. The van der Waals surface area contributed by atoms with E-state index in [9.17, 15) is 9.59 Å². The fraction of sp³-hybridized carbons (Fsp3) is 0.160. The maximum absolute atomic E-state index is 13.4. The first-order valence-electron chi connectivity index (χ1n) is 10.4. The smallest absolute Gasteiger partial charge is 0.341 e. The number of pyridine rings is 1. The Balaban J connectivity index is 1.55. The molecule has 4 heterocycles. The Bertz CT molecular complexity index is 1340. The predicted molar refractivity (Wildman–Crippen MR) is 125 cm³/mol. The fourth-order valence-electron chi connectivity index (χ4n) is 4.03. The van der Waals surface area contributed by atoms with Crippen LogP contribution in [0.2, 0.25) is 0 Å². The quantitative estimate of drug-likeness (QED) is 0.456. The highest BCUT2D eigenvalue weighted by Gasteiger charge is 2.27. The number of hydrogen-bond acceptors (Lipinski definition) is 5. The van der Waals surface area contributed by atoms with Crippen molar-refractivity contribution in [3.8, 4) is 10.4 Å². The summed E-state index contributed by atoms with van der Waals surface area (Å²) in [6.07, 6.45) is 5.54. The maximum Gasteiger partial charge on any atom is 0.341 e. The van der Waals surface area contributed by atoms with Crippen molar-refractivity contribution in [1.82, 2.24) is 14.9 Å². The van der Waals surface area contributed by atoms with Crippen LogP contribution in [0.1, 0.15) is 28.5 Å². The lowest BCUT2D eigenvalue weighted by molar-refractivity contribution is -0.136. The van der Waals surface area contributed by atoms with E-state index in [0.717, 1.165) is 26.9 Å². The van der Waals surface area contributed by atoms with Crippen molar-refractivity contribution in [3.63, 3.8) is 0 Å². The minimum Gasteiger partial charge on any atom is -0.462 e. The third kappa shape index (κ3) is 3.61. The number of rotatable bonds is 4. The second kappa shape index (κ2) is 8.43. The van der Waals surface area contributed by atoms with Crippen LogP contribution in [-0.4, -0.2) is 39.9 Å². The molecule has 0 saturated carbocycles. The van der Waals surface area contributed by atoms with Crippen molar-refractivity contribution in [2.24, 2.45) is 0 Å². The highest BCUT2D eigenvalue weighted by Crippen LogP contribution is 2.32. The van der Waals surface area contributed by atoms with Gasteiger partial charge >= 0.3 is 5.97 Å². The third-order valence-electron chi connectivity index (χ3n) is 5.52. The maximum atomic E-state index is 13.4. The minimum absolute atomic E-state index is 0.202. The summed E-state index contributed by atoms with van der Waals surface area (Å²) in [5.74, 6) is -0.655. The monoisotopic (exact) mass is 443 g/mol. The number of nitrogens with zero attached hydrogens (tertiary/aromatic N) is 2. The van der Waals surface area contributed by atoms with E-state index >= 15 is 0 Å². The lowest BCUT2D eigenvalue weighted by Gasteiger charge is -2.18. The van der Waals surface area contributed by atoms with Crippen LogP contribution in [0.15, 0.2) is 66.4 Å². The van der Waals surface area contributed by atoms with Gasteiger partial charge in [0.05, 0.1) is 23.4 Å². The highest BCUT2D eigenvalue weighted by atomic mass is 32.1. The Morgan fingerprint density at radius 2 is 2.06 bits per heavy atom. The fourth-order valence-corrected chi connectivity index (χ4v) is 4.74. The van der Waals surface area contributed by atoms with Crippen LogP contribution in [0.5, 0.6) is 0 Å². The first-order valence-corrected chi connectivity index (χ1v) is 11.3. The topological polar surface area (TPSA) is 75.3 Å². The molecule has 1 N–H and O–H groups in total. The summed E-state index contributed by atoms with van der Waals surface area (Å²) >= 11 is 1.60. The number of ether oxygens (including phenoxy) is 1. The summed E-state index contributed by atoms with van der Waals surface area (Å²) in [4.78, 5) is 36.5. The molecule has 0 unspecified atom stereocenters. The molecule has 6 nitrogen and oxygen atoms in total. The van der Waals surface area contributed by atoms with Crippen molar-refractivity contribution in [1.29, 1.82) is 0 Å². The Morgan fingerprint density at radius 3 is 2.88 bits per heavy atom. The number of thiophene rings is 1. The normalized spacial score (nSPS) is 13.4. The summed E-state index contributed by atoms with van der Waals surface area (Å²) in [6, 6.07) is 13.7. The number of H-pyrrole nitrogens is 1. The van der Waals surface area contributed by atoms with E-state index in [1.165, 1.54) is 0 Å². The van der Waals surface area contributed by atoms with Gasteiger partial charge in [0.25, 0.3) is 5.91 Å². The molecule has 1 aliphatic heterocycles. The van der Waals surface area contributed by atoms with Gasteiger partial charge in [0, 0.05) is 46.5 Å². The molecule has 0 spiro atoms. The number of fused-ring (bicyclic) bond motifs is 3. The summed E-state index contributed by atoms with van der Waals surface area (Å²) in [6.45, 7) is 2.47. The zero-order chi connectivity index (χ0) is 22.1. The van der Waals surface area contributed by atoms with E-state index in [2.05, 4.69) is 9.97 Å². The molecule has 0 atom stereocenters. The first-order chi connectivity index (χ1) is 15.7. The largest absolute Gasteiger partial charge is 0.462 e. The number of carbonyl (C=O) groups excluding carboxylic acids is 2. The lowest BCUT2D eigenvalue weighted by Crippen LogP contribution is -2.28. The summed E-state index contributed by atoms with van der Waals surface area (Å²) < 4.78 is 5.32. The van der Waals surface area contributed by atoms with Gasteiger partial charge < -0.3 is 14.6 Å². The minimum atomic E-state index is -0.453. The van der Waals surface area contributed by atoms with E-state index < -0.39 is 5.97 Å². The van der Waals surface area contributed by atoms with Crippen molar-refractivity contribution in [2.45, 2.75) is 13.3 Å². The summed E-state index contributed by atoms with van der Waals surface area (Å²) in [7, 11) is 0. The molecule has 0 bridgehead atoms. The Hall–Kier alpha value is -3.71. The molecule has 160 valence electrons. The van der Waals surface area contributed by atoms with Gasteiger partial charge in [-0.2, -0.15) is 0 Å². The molecular formula is C25H21N3O3S.